The van der Waals surface area contributed by atoms with E-state index in [4.69, 9.17) is 0 Å². The fourth-order valence-electron chi connectivity index (χ4n) is 0.630. The molecule has 0 rings (SSSR count). The van der Waals surface area contributed by atoms with E-state index in [1.54, 1.807) is 0 Å². The van der Waals surface area contributed by atoms with Gasteiger partial charge in [-0.2, -0.15) is 0 Å². The number of rotatable bonds is 4. The lowest BCUT2D eigenvalue weighted by Gasteiger charge is -2.00. The highest BCUT2D eigenvalue weighted by Crippen LogP contribution is 2.06. The van der Waals surface area contributed by atoms with E-state index in [9.17, 15) is 4.39 Å². The molecule has 0 aliphatic carbocycles. The fourth-order valence-corrected chi connectivity index (χ4v) is 0.630. The minimum Gasteiger partial charge on any atom is -0.248 e. The fraction of sp³-hybridized carbons (Fsp3) is 1.00. The molecule has 0 saturated heterocycles. The molecular weight excluding hydrogens is 127 g/mol. The summed E-state index contributed by atoms with van der Waals surface area (Å²) in [5, 5.41) is 0. The average Bonchev–Trinajstić information content (AvgIpc) is 2.04. The van der Waals surface area contributed by atoms with Gasteiger partial charge in [-0.05, 0) is 12.8 Å². The van der Waals surface area contributed by atoms with E-state index in [-0.39, 0.29) is 0 Å². The van der Waals surface area contributed by atoms with Crippen LogP contribution in [0.2, 0.25) is 0 Å². The second-order valence-electron chi connectivity index (χ2n) is 2.15. The summed E-state index contributed by atoms with van der Waals surface area (Å²) < 4.78 is 12.3. The van der Waals surface area contributed by atoms with Crippen molar-refractivity contribution in [2.45, 2.75) is 59.5 Å². The molecule has 0 bridgehead atoms. The highest BCUT2D eigenvalue weighted by molar-refractivity contribution is 4.50. The monoisotopic (exact) mass is 148 g/mol. The van der Waals surface area contributed by atoms with E-state index < -0.39 is 6.17 Å². The predicted octanol–water partition coefficient (Wildman–Crippen LogP) is 3.95. The van der Waals surface area contributed by atoms with E-state index in [1.165, 1.54) is 0 Å². The molecule has 0 aliphatic heterocycles. The molecule has 0 spiro atoms. The van der Waals surface area contributed by atoms with Crippen LogP contribution in [0.5, 0.6) is 0 Å². The molecule has 0 radical (unpaired) electrons. The molecule has 10 heavy (non-hydrogen) atoms. The molecule has 0 fully saturated rings. The molecule has 0 nitrogen and oxygen atoms in total. The zero-order chi connectivity index (χ0) is 8.41. The van der Waals surface area contributed by atoms with Gasteiger partial charge in [-0.1, -0.05) is 40.5 Å². The number of hydrogen-bond donors (Lipinski definition) is 0. The van der Waals surface area contributed by atoms with Crippen molar-refractivity contribution in [2.75, 3.05) is 0 Å². The van der Waals surface area contributed by atoms with Gasteiger partial charge in [0.2, 0.25) is 0 Å². The van der Waals surface area contributed by atoms with Crippen LogP contribution in [0.15, 0.2) is 0 Å². The molecule has 0 aromatic heterocycles. The quantitative estimate of drug-likeness (QED) is 0.566. The van der Waals surface area contributed by atoms with Crippen molar-refractivity contribution in [1.29, 1.82) is 0 Å². The van der Waals surface area contributed by atoms with Crippen molar-refractivity contribution >= 4 is 0 Å². The van der Waals surface area contributed by atoms with Crippen LogP contribution >= 0.6 is 0 Å². The lowest BCUT2D eigenvalue weighted by atomic mass is 10.1. The molecule has 0 amide bonds. The van der Waals surface area contributed by atoms with Gasteiger partial charge in [0.25, 0.3) is 0 Å². The lowest BCUT2D eigenvalue weighted by Crippen LogP contribution is -1.95. The van der Waals surface area contributed by atoms with Gasteiger partial charge in [0.15, 0.2) is 0 Å². The lowest BCUT2D eigenvalue weighted by molar-refractivity contribution is 0.299. The highest BCUT2D eigenvalue weighted by Gasteiger charge is 1.99. The maximum absolute atomic E-state index is 12.3. The van der Waals surface area contributed by atoms with Gasteiger partial charge < -0.3 is 0 Å². The van der Waals surface area contributed by atoms with Crippen molar-refractivity contribution in [3.05, 3.63) is 0 Å². The molecule has 0 heterocycles. The molecule has 0 aromatic carbocycles. The van der Waals surface area contributed by atoms with Crippen LogP contribution in [0.3, 0.4) is 0 Å². The minimum absolute atomic E-state index is 0.546. The standard InChI is InChI=1S/C7H15F.C2H6/c1-3-5-6-7(8)4-2;1-2/h7H,3-6H2,1-2H3;1-2H3. The topological polar surface area (TPSA) is 0 Å². The van der Waals surface area contributed by atoms with Crippen molar-refractivity contribution in [3.8, 4) is 0 Å². The summed E-state index contributed by atoms with van der Waals surface area (Å²) in [5.74, 6) is 0. The molecule has 1 heteroatoms. The number of alkyl halides is 1. The summed E-state index contributed by atoms with van der Waals surface area (Å²) in [5.41, 5.74) is 0. The summed E-state index contributed by atoms with van der Waals surface area (Å²) in [7, 11) is 0. The summed E-state index contributed by atoms with van der Waals surface area (Å²) in [6, 6.07) is 0. The number of unbranched alkanes of at least 4 members (excludes halogenated alkanes) is 1. The second-order valence-corrected chi connectivity index (χ2v) is 2.15. The van der Waals surface area contributed by atoms with Crippen LogP contribution < -0.4 is 0 Å². The summed E-state index contributed by atoms with van der Waals surface area (Å²) in [6.07, 6.45) is 3.04. The summed E-state index contributed by atoms with van der Waals surface area (Å²) >= 11 is 0. The SMILES string of the molecule is CC.CCCCC(F)CC. The van der Waals surface area contributed by atoms with E-state index in [0.717, 1.165) is 19.3 Å². The van der Waals surface area contributed by atoms with E-state index >= 15 is 0 Å². The zero-order valence-electron chi connectivity index (χ0n) is 7.78. The van der Waals surface area contributed by atoms with Crippen molar-refractivity contribution < 1.29 is 4.39 Å². The van der Waals surface area contributed by atoms with Gasteiger partial charge in [-0.15, -0.1) is 0 Å². The Kier molecular flexibility index (Phi) is 14.7. The van der Waals surface area contributed by atoms with E-state index in [2.05, 4.69) is 6.92 Å². The molecule has 0 saturated carbocycles. The largest absolute Gasteiger partial charge is 0.248 e. The molecule has 0 aromatic rings. The van der Waals surface area contributed by atoms with Crippen LogP contribution in [0.25, 0.3) is 0 Å². The molecule has 64 valence electrons. The number of halogens is 1. The summed E-state index contributed by atoms with van der Waals surface area (Å²) in [4.78, 5) is 0. The Morgan fingerprint density at radius 3 is 2.00 bits per heavy atom. The second kappa shape index (κ2) is 11.7. The molecule has 0 N–H and O–H groups in total. The first kappa shape index (κ1) is 12.6. The Morgan fingerprint density at radius 1 is 1.20 bits per heavy atom. The third-order valence-electron chi connectivity index (χ3n) is 1.31. The van der Waals surface area contributed by atoms with Crippen LogP contribution in [0, 0.1) is 0 Å². The van der Waals surface area contributed by atoms with Crippen molar-refractivity contribution in [2.24, 2.45) is 0 Å². The Labute approximate surface area is 64.8 Å². The normalized spacial score (nSPS) is 11.7. The van der Waals surface area contributed by atoms with Gasteiger partial charge in [-0.3, -0.25) is 0 Å². The first-order chi connectivity index (χ1) is 4.81. The Bertz CT molecular complexity index is 44.0. The van der Waals surface area contributed by atoms with Gasteiger partial charge in [0.1, 0.15) is 0 Å². The Morgan fingerprint density at radius 2 is 1.70 bits per heavy atom. The minimum atomic E-state index is -0.546. The van der Waals surface area contributed by atoms with Crippen molar-refractivity contribution in [3.63, 3.8) is 0 Å². The Hall–Kier alpha value is -0.0700. The molecular formula is C9H21F. The van der Waals surface area contributed by atoms with E-state index in [0.29, 0.717) is 6.42 Å². The maximum Gasteiger partial charge on any atom is 0.0999 e. The molecule has 1 unspecified atom stereocenters. The zero-order valence-corrected chi connectivity index (χ0v) is 7.78. The third-order valence-corrected chi connectivity index (χ3v) is 1.31. The van der Waals surface area contributed by atoms with Gasteiger partial charge in [0, 0.05) is 0 Å². The van der Waals surface area contributed by atoms with Gasteiger partial charge in [-0.25, -0.2) is 4.39 Å². The highest BCUT2D eigenvalue weighted by atomic mass is 19.1. The smallest absolute Gasteiger partial charge is 0.0999 e. The predicted molar refractivity (Wildman–Crippen MR) is 46.1 cm³/mol. The first-order valence-corrected chi connectivity index (χ1v) is 4.45. The molecule has 1 atom stereocenters. The molecule has 0 aliphatic rings. The third kappa shape index (κ3) is 10.8. The average molecular weight is 148 g/mol. The van der Waals surface area contributed by atoms with Crippen LogP contribution in [0.4, 0.5) is 4.39 Å². The van der Waals surface area contributed by atoms with Gasteiger partial charge in [0.05, 0.1) is 6.17 Å². The summed E-state index contributed by atoms with van der Waals surface area (Å²) in [6.45, 7) is 7.97. The van der Waals surface area contributed by atoms with Crippen molar-refractivity contribution in [1.82, 2.24) is 0 Å². The van der Waals surface area contributed by atoms with Gasteiger partial charge >= 0.3 is 0 Å². The van der Waals surface area contributed by atoms with Crippen LogP contribution in [-0.2, 0) is 0 Å². The Balaban J connectivity index is 0. The maximum atomic E-state index is 12.3. The number of hydrogen-bond acceptors (Lipinski definition) is 0. The van der Waals surface area contributed by atoms with Crippen LogP contribution in [0.1, 0.15) is 53.4 Å². The first-order valence-electron chi connectivity index (χ1n) is 4.45. The van der Waals surface area contributed by atoms with E-state index in [1.807, 2.05) is 20.8 Å². The van der Waals surface area contributed by atoms with Crippen LogP contribution in [-0.4, -0.2) is 6.17 Å².